The van der Waals surface area contributed by atoms with Crippen molar-refractivity contribution in [3.63, 3.8) is 0 Å². The smallest absolute Gasteiger partial charge is 0.199 e. The van der Waals surface area contributed by atoms with Crippen LogP contribution in [0.3, 0.4) is 0 Å². The SMILES string of the molecule is Cc1ccc2cc(Br)ccc2[n+]1C. The van der Waals surface area contributed by atoms with Gasteiger partial charge in [0.05, 0.1) is 0 Å². The Bertz CT molecular complexity index is 463. The Labute approximate surface area is 86.1 Å². The highest BCUT2D eigenvalue weighted by Crippen LogP contribution is 2.17. The average molecular weight is 237 g/mol. The lowest BCUT2D eigenvalue weighted by Gasteiger charge is -1.99. The summed E-state index contributed by atoms with van der Waals surface area (Å²) in [4.78, 5) is 0. The summed E-state index contributed by atoms with van der Waals surface area (Å²) in [5.74, 6) is 0. The summed E-state index contributed by atoms with van der Waals surface area (Å²) in [5.41, 5.74) is 2.54. The van der Waals surface area contributed by atoms with Crippen LogP contribution in [-0.2, 0) is 7.05 Å². The molecule has 0 N–H and O–H groups in total. The minimum absolute atomic E-state index is 1.13. The highest BCUT2D eigenvalue weighted by molar-refractivity contribution is 9.10. The fraction of sp³-hybridized carbons (Fsp3) is 0.182. The molecule has 13 heavy (non-hydrogen) atoms. The topological polar surface area (TPSA) is 3.88 Å². The van der Waals surface area contributed by atoms with Crippen molar-refractivity contribution in [2.75, 3.05) is 0 Å². The van der Waals surface area contributed by atoms with Crippen LogP contribution >= 0.6 is 15.9 Å². The number of pyridine rings is 1. The molecular formula is C11H11BrN+. The van der Waals surface area contributed by atoms with Crippen molar-refractivity contribution in [2.45, 2.75) is 6.92 Å². The molecule has 0 saturated heterocycles. The first-order valence-electron chi connectivity index (χ1n) is 4.23. The number of hydrogen-bond acceptors (Lipinski definition) is 0. The van der Waals surface area contributed by atoms with Crippen LogP contribution in [0.4, 0.5) is 0 Å². The number of hydrogen-bond donors (Lipinski definition) is 0. The van der Waals surface area contributed by atoms with Gasteiger partial charge in [0.2, 0.25) is 5.52 Å². The van der Waals surface area contributed by atoms with E-state index in [0.29, 0.717) is 0 Å². The number of halogens is 1. The van der Waals surface area contributed by atoms with Gasteiger partial charge in [-0.05, 0) is 18.2 Å². The van der Waals surface area contributed by atoms with E-state index in [-0.39, 0.29) is 0 Å². The molecule has 1 aromatic carbocycles. The third-order valence-electron chi connectivity index (χ3n) is 2.38. The summed E-state index contributed by atoms with van der Waals surface area (Å²) in [5, 5.41) is 1.27. The van der Waals surface area contributed by atoms with Gasteiger partial charge in [-0.1, -0.05) is 15.9 Å². The van der Waals surface area contributed by atoms with Crippen LogP contribution in [0.25, 0.3) is 10.9 Å². The standard InChI is InChI=1S/C11H11BrN/c1-8-3-4-9-7-10(12)5-6-11(9)13(8)2/h3-7H,1-2H3/q+1. The molecule has 0 aliphatic carbocycles. The zero-order chi connectivity index (χ0) is 9.42. The third kappa shape index (κ3) is 1.46. The molecule has 0 aliphatic rings. The first kappa shape index (κ1) is 8.70. The van der Waals surface area contributed by atoms with E-state index in [9.17, 15) is 0 Å². The fourth-order valence-electron chi connectivity index (χ4n) is 1.48. The van der Waals surface area contributed by atoms with E-state index in [2.05, 4.69) is 64.8 Å². The second kappa shape index (κ2) is 3.11. The molecule has 1 aromatic heterocycles. The van der Waals surface area contributed by atoms with Gasteiger partial charge in [-0.25, -0.2) is 0 Å². The van der Waals surface area contributed by atoms with Gasteiger partial charge in [-0.2, -0.15) is 4.57 Å². The molecule has 0 spiro atoms. The minimum atomic E-state index is 1.13. The maximum absolute atomic E-state index is 3.47. The van der Waals surface area contributed by atoms with Crippen LogP contribution in [0.15, 0.2) is 34.8 Å². The van der Waals surface area contributed by atoms with Crippen LogP contribution in [-0.4, -0.2) is 0 Å². The van der Waals surface area contributed by atoms with Crippen LogP contribution < -0.4 is 4.57 Å². The van der Waals surface area contributed by atoms with Gasteiger partial charge in [-0.3, -0.25) is 0 Å². The highest BCUT2D eigenvalue weighted by Gasteiger charge is 2.06. The average Bonchev–Trinajstić information content (AvgIpc) is 2.12. The molecule has 0 bridgehead atoms. The zero-order valence-corrected chi connectivity index (χ0v) is 9.30. The van der Waals surface area contributed by atoms with Gasteiger partial charge >= 0.3 is 0 Å². The summed E-state index contributed by atoms with van der Waals surface area (Å²) in [7, 11) is 2.09. The van der Waals surface area contributed by atoms with Crippen LogP contribution in [0, 0.1) is 6.92 Å². The molecule has 2 heteroatoms. The summed E-state index contributed by atoms with van der Waals surface area (Å²) in [6.07, 6.45) is 0. The Morgan fingerprint density at radius 1 is 1.15 bits per heavy atom. The summed E-state index contributed by atoms with van der Waals surface area (Å²) >= 11 is 3.47. The van der Waals surface area contributed by atoms with Crippen molar-refractivity contribution in [1.82, 2.24) is 0 Å². The number of aromatic nitrogens is 1. The number of rotatable bonds is 0. The number of fused-ring (bicyclic) bond motifs is 1. The van der Waals surface area contributed by atoms with Crippen molar-refractivity contribution in [1.29, 1.82) is 0 Å². The third-order valence-corrected chi connectivity index (χ3v) is 2.88. The fourth-order valence-corrected chi connectivity index (χ4v) is 1.86. The minimum Gasteiger partial charge on any atom is -0.199 e. The van der Waals surface area contributed by atoms with E-state index in [1.807, 2.05) is 0 Å². The van der Waals surface area contributed by atoms with Crippen LogP contribution in [0.5, 0.6) is 0 Å². The molecule has 0 radical (unpaired) electrons. The van der Waals surface area contributed by atoms with E-state index in [0.717, 1.165) is 4.47 Å². The van der Waals surface area contributed by atoms with Crippen molar-refractivity contribution in [3.05, 3.63) is 40.5 Å². The molecule has 0 unspecified atom stereocenters. The summed E-state index contributed by atoms with van der Waals surface area (Å²) < 4.78 is 3.32. The first-order chi connectivity index (χ1) is 6.18. The van der Waals surface area contributed by atoms with E-state index in [4.69, 9.17) is 0 Å². The Morgan fingerprint density at radius 2 is 1.92 bits per heavy atom. The van der Waals surface area contributed by atoms with Gasteiger partial charge in [0.15, 0.2) is 5.69 Å². The van der Waals surface area contributed by atoms with Crippen molar-refractivity contribution < 1.29 is 4.57 Å². The van der Waals surface area contributed by atoms with Gasteiger partial charge in [0.25, 0.3) is 0 Å². The maximum Gasteiger partial charge on any atom is 0.212 e. The number of aryl methyl sites for hydroxylation is 2. The molecule has 2 aromatic rings. The normalized spacial score (nSPS) is 10.7. The summed E-state index contributed by atoms with van der Waals surface area (Å²) in [6.45, 7) is 2.11. The van der Waals surface area contributed by atoms with Gasteiger partial charge in [0.1, 0.15) is 7.05 Å². The van der Waals surface area contributed by atoms with E-state index >= 15 is 0 Å². The second-order valence-electron chi connectivity index (χ2n) is 3.24. The lowest BCUT2D eigenvalue weighted by Crippen LogP contribution is -2.32. The van der Waals surface area contributed by atoms with Gasteiger partial charge in [-0.15, -0.1) is 0 Å². The van der Waals surface area contributed by atoms with Gasteiger partial charge < -0.3 is 0 Å². The zero-order valence-electron chi connectivity index (χ0n) is 7.71. The van der Waals surface area contributed by atoms with E-state index in [1.54, 1.807) is 0 Å². The predicted octanol–water partition coefficient (Wildman–Crippen LogP) is 2.74. The Hall–Kier alpha value is -0.890. The van der Waals surface area contributed by atoms with Crippen molar-refractivity contribution in [3.8, 4) is 0 Å². The predicted molar refractivity (Wildman–Crippen MR) is 57.6 cm³/mol. The molecule has 0 saturated carbocycles. The number of nitrogens with zero attached hydrogens (tertiary/aromatic N) is 1. The molecule has 66 valence electrons. The Balaban J connectivity index is 2.87. The molecule has 0 atom stereocenters. The molecule has 1 heterocycles. The molecule has 0 aliphatic heterocycles. The Morgan fingerprint density at radius 3 is 2.69 bits per heavy atom. The lowest BCUT2D eigenvalue weighted by atomic mass is 10.2. The first-order valence-corrected chi connectivity index (χ1v) is 5.03. The highest BCUT2D eigenvalue weighted by atomic mass is 79.9. The van der Waals surface area contributed by atoms with Crippen molar-refractivity contribution >= 4 is 26.8 Å². The Kier molecular flexibility index (Phi) is 2.08. The second-order valence-corrected chi connectivity index (χ2v) is 4.15. The molecule has 1 nitrogen and oxygen atoms in total. The number of benzene rings is 1. The van der Waals surface area contributed by atoms with Crippen LogP contribution in [0.1, 0.15) is 5.69 Å². The molecule has 0 fully saturated rings. The molecule has 0 amide bonds. The summed E-state index contributed by atoms with van der Waals surface area (Å²) in [6, 6.07) is 10.6. The monoisotopic (exact) mass is 236 g/mol. The maximum atomic E-state index is 3.47. The molecule has 2 rings (SSSR count). The largest absolute Gasteiger partial charge is 0.212 e. The van der Waals surface area contributed by atoms with Crippen molar-refractivity contribution in [2.24, 2.45) is 7.05 Å². The van der Waals surface area contributed by atoms with Crippen LogP contribution in [0.2, 0.25) is 0 Å². The van der Waals surface area contributed by atoms with E-state index < -0.39 is 0 Å². The molecular weight excluding hydrogens is 226 g/mol. The van der Waals surface area contributed by atoms with E-state index in [1.165, 1.54) is 16.6 Å². The van der Waals surface area contributed by atoms with Gasteiger partial charge in [0, 0.05) is 28.9 Å². The quantitative estimate of drug-likeness (QED) is 0.620. The lowest BCUT2D eigenvalue weighted by molar-refractivity contribution is -0.651.